The van der Waals surface area contributed by atoms with E-state index in [0.29, 0.717) is 13.0 Å². The Morgan fingerprint density at radius 2 is 1.96 bits per heavy atom. The molecule has 0 N–H and O–H groups in total. The molecule has 0 spiro atoms. The van der Waals surface area contributed by atoms with E-state index in [1.165, 1.54) is 0 Å². The van der Waals surface area contributed by atoms with Gasteiger partial charge in [-0.25, -0.2) is 4.98 Å². The van der Waals surface area contributed by atoms with Gasteiger partial charge in [0, 0.05) is 41.5 Å². The smallest absolute Gasteiger partial charge is 0.227 e. The van der Waals surface area contributed by atoms with E-state index in [1.54, 1.807) is 0 Å². The fourth-order valence-electron chi connectivity index (χ4n) is 4.06. The molecular weight excluding hydrogens is 461 g/mol. The van der Waals surface area contributed by atoms with Gasteiger partial charge in [0.25, 0.3) is 0 Å². The molecule has 7 heteroatoms. The standard InChI is InChI=1S/C21H18BrCl2N3O/c22-15-4-3-5-16(9-15)26-11-13(8-19(26)28)20-25-17-6-1-2-7-18(17)27(20)12-14-10-21(14,23)24/h1-7,9,13-14H,8,10-12H2. The molecule has 1 saturated carbocycles. The number of para-hydroxylation sites is 2. The van der Waals surface area contributed by atoms with Crippen LogP contribution in [-0.2, 0) is 11.3 Å². The van der Waals surface area contributed by atoms with Gasteiger partial charge >= 0.3 is 0 Å². The Kier molecular flexibility index (Phi) is 4.45. The Morgan fingerprint density at radius 1 is 1.18 bits per heavy atom. The predicted molar refractivity (Wildman–Crippen MR) is 116 cm³/mol. The third-order valence-corrected chi connectivity index (χ3v) is 7.07. The minimum atomic E-state index is -0.642. The molecule has 2 aliphatic rings. The lowest BCUT2D eigenvalue weighted by molar-refractivity contribution is -0.117. The van der Waals surface area contributed by atoms with Crippen LogP contribution in [0.5, 0.6) is 0 Å². The van der Waals surface area contributed by atoms with E-state index in [4.69, 9.17) is 28.2 Å². The van der Waals surface area contributed by atoms with Gasteiger partial charge in [0.15, 0.2) is 0 Å². The zero-order valence-electron chi connectivity index (χ0n) is 15.0. The molecule has 28 heavy (non-hydrogen) atoms. The molecule has 0 bridgehead atoms. The lowest BCUT2D eigenvalue weighted by atomic mass is 10.1. The highest BCUT2D eigenvalue weighted by molar-refractivity contribution is 9.10. The van der Waals surface area contributed by atoms with Crippen LogP contribution in [0.4, 0.5) is 5.69 Å². The summed E-state index contributed by atoms with van der Waals surface area (Å²) in [6.45, 7) is 1.35. The van der Waals surface area contributed by atoms with Crippen molar-refractivity contribution in [3.05, 3.63) is 58.8 Å². The summed E-state index contributed by atoms with van der Waals surface area (Å²) in [4.78, 5) is 19.5. The number of nitrogens with zero attached hydrogens (tertiary/aromatic N) is 3. The number of aromatic nitrogens is 2. The van der Waals surface area contributed by atoms with Gasteiger partial charge in [-0.3, -0.25) is 4.79 Å². The van der Waals surface area contributed by atoms with Crippen LogP contribution in [0.2, 0.25) is 0 Å². The average molecular weight is 479 g/mol. The van der Waals surface area contributed by atoms with Gasteiger partial charge in [-0.2, -0.15) is 0 Å². The molecule has 1 amide bonds. The van der Waals surface area contributed by atoms with E-state index < -0.39 is 4.33 Å². The molecule has 0 radical (unpaired) electrons. The van der Waals surface area contributed by atoms with Crippen LogP contribution in [0.15, 0.2) is 53.0 Å². The number of fused-ring (bicyclic) bond motifs is 1. The van der Waals surface area contributed by atoms with Gasteiger partial charge in [-0.05, 0) is 36.8 Å². The molecule has 5 rings (SSSR count). The Morgan fingerprint density at radius 3 is 2.71 bits per heavy atom. The summed E-state index contributed by atoms with van der Waals surface area (Å²) in [6.07, 6.45) is 1.24. The zero-order chi connectivity index (χ0) is 19.5. The summed E-state index contributed by atoms with van der Waals surface area (Å²) in [5.41, 5.74) is 2.93. The monoisotopic (exact) mass is 477 g/mol. The molecule has 3 aromatic rings. The number of benzene rings is 2. The average Bonchev–Trinajstić information content (AvgIpc) is 2.98. The van der Waals surface area contributed by atoms with Crippen molar-refractivity contribution in [2.45, 2.75) is 29.6 Å². The SMILES string of the molecule is O=C1CC(c2nc3ccccc3n2CC2CC2(Cl)Cl)CN1c1cccc(Br)c1. The Bertz CT molecular complexity index is 1080. The van der Waals surface area contributed by atoms with E-state index in [0.717, 1.165) is 40.0 Å². The molecule has 1 aliphatic carbocycles. The van der Waals surface area contributed by atoms with Crippen molar-refractivity contribution in [2.24, 2.45) is 5.92 Å². The van der Waals surface area contributed by atoms with Crippen molar-refractivity contribution in [3.8, 4) is 0 Å². The number of amides is 1. The van der Waals surface area contributed by atoms with Gasteiger partial charge in [0.2, 0.25) is 5.91 Å². The van der Waals surface area contributed by atoms with Crippen LogP contribution in [0.1, 0.15) is 24.6 Å². The second-order valence-corrected chi connectivity index (χ2v) is 10.1. The van der Waals surface area contributed by atoms with Gasteiger partial charge in [-0.15, -0.1) is 23.2 Å². The maximum absolute atomic E-state index is 12.8. The third-order valence-electron chi connectivity index (χ3n) is 5.65. The molecule has 1 aliphatic heterocycles. The van der Waals surface area contributed by atoms with E-state index in [9.17, 15) is 4.79 Å². The number of anilines is 1. The number of imidazole rings is 1. The summed E-state index contributed by atoms with van der Waals surface area (Å²) < 4.78 is 2.54. The lowest BCUT2D eigenvalue weighted by Gasteiger charge is -2.18. The second-order valence-electron chi connectivity index (χ2n) is 7.62. The van der Waals surface area contributed by atoms with Crippen molar-refractivity contribution in [1.29, 1.82) is 0 Å². The molecule has 1 saturated heterocycles. The summed E-state index contributed by atoms with van der Waals surface area (Å²) in [7, 11) is 0. The molecule has 2 aromatic carbocycles. The number of carbonyl (C=O) groups excluding carboxylic acids is 1. The normalized spacial score (nSPS) is 23.5. The summed E-state index contributed by atoms with van der Waals surface area (Å²) >= 11 is 16.1. The lowest BCUT2D eigenvalue weighted by Crippen LogP contribution is -2.24. The summed E-state index contributed by atoms with van der Waals surface area (Å²) in [5.74, 6) is 1.32. The molecule has 1 aromatic heterocycles. The highest BCUT2D eigenvalue weighted by atomic mass is 79.9. The maximum Gasteiger partial charge on any atom is 0.227 e. The molecule has 2 fully saturated rings. The minimum Gasteiger partial charge on any atom is -0.327 e. The molecule has 2 unspecified atom stereocenters. The summed E-state index contributed by atoms with van der Waals surface area (Å²) in [6, 6.07) is 15.9. The number of halogens is 3. The van der Waals surface area contributed by atoms with Gasteiger partial charge in [-0.1, -0.05) is 34.1 Å². The van der Waals surface area contributed by atoms with Crippen LogP contribution in [0.25, 0.3) is 11.0 Å². The zero-order valence-corrected chi connectivity index (χ0v) is 18.1. The van der Waals surface area contributed by atoms with Crippen LogP contribution in [0, 0.1) is 5.92 Å². The van der Waals surface area contributed by atoms with Gasteiger partial charge < -0.3 is 9.47 Å². The second kappa shape index (κ2) is 6.75. The molecule has 144 valence electrons. The first-order valence-electron chi connectivity index (χ1n) is 9.31. The largest absolute Gasteiger partial charge is 0.327 e. The number of alkyl halides is 2. The van der Waals surface area contributed by atoms with E-state index in [2.05, 4.69) is 26.6 Å². The van der Waals surface area contributed by atoms with Crippen LogP contribution < -0.4 is 4.90 Å². The number of hydrogen-bond donors (Lipinski definition) is 0. The highest BCUT2D eigenvalue weighted by Gasteiger charge is 2.52. The van der Waals surface area contributed by atoms with Crippen molar-refractivity contribution >= 4 is 61.8 Å². The first-order chi connectivity index (χ1) is 13.4. The predicted octanol–water partition coefficient (Wildman–Crippen LogP) is 5.51. The fraction of sp³-hybridized carbons (Fsp3) is 0.333. The topological polar surface area (TPSA) is 38.1 Å². The molecular formula is C21H18BrCl2N3O. The fourth-order valence-corrected chi connectivity index (χ4v) is 4.96. The van der Waals surface area contributed by atoms with Crippen molar-refractivity contribution in [1.82, 2.24) is 9.55 Å². The summed E-state index contributed by atoms with van der Waals surface area (Å²) in [5, 5.41) is 0. The van der Waals surface area contributed by atoms with Crippen molar-refractivity contribution in [2.75, 3.05) is 11.4 Å². The van der Waals surface area contributed by atoms with E-state index in [1.807, 2.05) is 47.4 Å². The van der Waals surface area contributed by atoms with Crippen LogP contribution in [0.3, 0.4) is 0 Å². The number of carbonyl (C=O) groups is 1. The van der Waals surface area contributed by atoms with Crippen LogP contribution in [-0.4, -0.2) is 26.3 Å². The van der Waals surface area contributed by atoms with Gasteiger partial charge in [0.05, 0.1) is 11.0 Å². The van der Waals surface area contributed by atoms with Crippen LogP contribution >= 0.6 is 39.1 Å². The van der Waals surface area contributed by atoms with Crippen molar-refractivity contribution in [3.63, 3.8) is 0 Å². The maximum atomic E-state index is 12.8. The highest BCUT2D eigenvalue weighted by Crippen LogP contribution is 2.54. The Hall–Kier alpha value is -1.56. The molecule has 4 nitrogen and oxygen atoms in total. The molecule has 2 heterocycles. The van der Waals surface area contributed by atoms with Crippen molar-refractivity contribution < 1.29 is 4.79 Å². The third kappa shape index (κ3) is 3.23. The Balaban J connectivity index is 1.50. The Labute approximate surface area is 181 Å². The number of hydrogen-bond acceptors (Lipinski definition) is 2. The minimum absolute atomic E-state index is 0.0395. The number of rotatable bonds is 4. The van der Waals surface area contributed by atoms with Gasteiger partial charge in [0.1, 0.15) is 10.2 Å². The quantitative estimate of drug-likeness (QED) is 0.463. The van der Waals surface area contributed by atoms with E-state index >= 15 is 0 Å². The molecule has 2 atom stereocenters. The first kappa shape index (κ1) is 18.5. The first-order valence-corrected chi connectivity index (χ1v) is 10.9. The van der Waals surface area contributed by atoms with E-state index in [-0.39, 0.29) is 17.7 Å².